The third kappa shape index (κ3) is 1.61. The Morgan fingerprint density at radius 1 is 1.60 bits per heavy atom. The second kappa shape index (κ2) is 3.23. The minimum atomic E-state index is -1.23. The molecule has 0 saturated carbocycles. The topological polar surface area (TPSA) is 67.2 Å². The lowest BCUT2D eigenvalue weighted by atomic mass is 10.2. The normalized spacial score (nSPS) is 10.5. The second-order valence-corrected chi connectivity index (χ2v) is 3.08. The van der Waals surface area contributed by atoms with E-state index in [9.17, 15) is 9.18 Å². The largest absolute Gasteiger partial charge is 0.465 e. The molecular weight excluding hydrogens is 201 g/mol. The van der Waals surface area contributed by atoms with Gasteiger partial charge in [-0.05, 0) is 12.1 Å². The third-order valence-corrected chi connectivity index (χ3v) is 2.07. The molecule has 0 spiro atoms. The van der Waals surface area contributed by atoms with E-state index in [0.29, 0.717) is 10.9 Å². The van der Waals surface area contributed by atoms with Crippen molar-refractivity contribution in [3.8, 4) is 0 Å². The molecule has 0 aliphatic carbocycles. The molecule has 0 saturated heterocycles. The predicted molar refractivity (Wildman–Crippen MR) is 52.3 cm³/mol. The second-order valence-electron chi connectivity index (χ2n) is 3.08. The number of nitrogens with zero attached hydrogens (tertiary/aromatic N) is 2. The first kappa shape index (κ1) is 9.45. The van der Waals surface area contributed by atoms with Crippen molar-refractivity contribution < 1.29 is 14.3 Å². The summed E-state index contributed by atoms with van der Waals surface area (Å²) in [6, 6.07) is 2.42. The highest BCUT2D eigenvalue weighted by Gasteiger charge is 2.09. The molecule has 0 unspecified atom stereocenters. The zero-order chi connectivity index (χ0) is 11.0. The fraction of sp³-hybridized carbons (Fsp3) is 0.111. The molecule has 2 N–H and O–H groups in total. The number of carboxylic acid groups (broad SMARTS) is 1. The number of carbonyl (C=O) groups is 1. The van der Waals surface area contributed by atoms with Gasteiger partial charge in [-0.25, -0.2) is 9.18 Å². The number of hydrogen-bond donors (Lipinski definition) is 2. The van der Waals surface area contributed by atoms with Gasteiger partial charge >= 0.3 is 6.09 Å². The third-order valence-electron chi connectivity index (χ3n) is 2.07. The van der Waals surface area contributed by atoms with Gasteiger partial charge in [-0.2, -0.15) is 5.10 Å². The van der Waals surface area contributed by atoms with Crippen LogP contribution in [0.5, 0.6) is 0 Å². The molecule has 5 nitrogen and oxygen atoms in total. The Morgan fingerprint density at radius 2 is 2.33 bits per heavy atom. The number of fused-ring (bicyclic) bond motifs is 1. The molecule has 2 rings (SSSR count). The standard InChI is InChI=1S/C9H8FN3O2/c1-13-8-3-5(10)2-7(12-9(14)15)6(8)4-11-13/h2-4,12H,1H3,(H,14,15). The van der Waals surface area contributed by atoms with Crippen LogP contribution in [0.2, 0.25) is 0 Å². The summed E-state index contributed by atoms with van der Waals surface area (Å²) < 4.78 is 14.6. The maximum Gasteiger partial charge on any atom is 0.409 e. The van der Waals surface area contributed by atoms with Crippen molar-refractivity contribution in [3.05, 3.63) is 24.1 Å². The van der Waals surface area contributed by atoms with Gasteiger partial charge in [0.15, 0.2) is 0 Å². The van der Waals surface area contributed by atoms with Crippen LogP contribution in [0.3, 0.4) is 0 Å². The number of aromatic nitrogens is 2. The van der Waals surface area contributed by atoms with Gasteiger partial charge in [-0.3, -0.25) is 10.00 Å². The van der Waals surface area contributed by atoms with Crippen LogP contribution in [-0.4, -0.2) is 21.0 Å². The van der Waals surface area contributed by atoms with Crippen LogP contribution in [0.1, 0.15) is 0 Å². The van der Waals surface area contributed by atoms with E-state index in [1.165, 1.54) is 16.9 Å². The number of halogens is 1. The van der Waals surface area contributed by atoms with Gasteiger partial charge in [0.05, 0.1) is 17.4 Å². The van der Waals surface area contributed by atoms with Crippen molar-refractivity contribution in [1.29, 1.82) is 0 Å². The van der Waals surface area contributed by atoms with Crippen LogP contribution in [-0.2, 0) is 7.05 Å². The minimum Gasteiger partial charge on any atom is -0.465 e. The Bertz CT molecular complexity index is 535. The first-order valence-corrected chi connectivity index (χ1v) is 4.19. The average molecular weight is 209 g/mol. The maximum atomic E-state index is 13.1. The number of nitrogens with one attached hydrogen (secondary N) is 1. The van der Waals surface area contributed by atoms with Crippen molar-refractivity contribution in [2.24, 2.45) is 7.05 Å². The van der Waals surface area contributed by atoms with Gasteiger partial charge in [-0.1, -0.05) is 0 Å². The summed E-state index contributed by atoms with van der Waals surface area (Å²) in [5, 5.41) is 15.2. The summed E-state index contributed by atoms with van der Waals surface area (Å²) in [7, 11) is 1.66. The first-order valence-electron chi connectivity index (χ1n) is 4.19. The molecule has 15 heavy (non-hydrogen) atoms. The molecule has 78 valence electrons. The van der Waals surface area contributed by atoms with Crippen molar-refractivity contribution in [3.63, 3.8) is 0 Å². The molecule has 0 fully saturated rings. The molecule has 1 aromatic heterocycles. The summed E-state index contributed by atoms with van der Waals surface area (Å²) in [5.41, 5.74) is 0.740. The van der Waals surface area contributed by atoms with Crippen LogP contribution in [0.15, 0.2) is 18.3 Å². The van der Waals surface area contributed by atoms with Crippen molar-refractivity contribution in [1.82, 2.24) is 9.78 Å². The van der Waals surface area contributed by atoms with Crippen molar-refractivity contribution in [2.75, 3.05) is 5.32 Å². The SMILES string of the molecule is Cn1ncc2c(NC(=O)O)cc(F)cc21. The Labute approximate surface area is 84.1 Å². The van der Waals surface area contributed by atoms with Gasteiger partial charge < -0.3 is 5.11 Å². The lowest BCUT2D eigenvalue weighted by Crippen LogP contribution is -2.07. The summed E-state index contributed by atoms with van der Waals surface area (Å²) >= 11 is 0. The molecule has 0 aliphatic heterocycles. The van der Waals surface area contributed by atoms with Crippen molar-refractivity contribution >= 4 is 22.7 Å². The zero-order valence-electron chi connectivity index (χ0n) is 7.86. The number of anilines is 1. The van der Waals surface area contributed by atoms with Gasteiger partial charge in [0, 0.05) is 12.4 Å². The molecule has 0 aliphatic rings. The zero-order valence-corrected chi connectivity index (χ0v) is 7.86. The van der Waals surface area contributed by atoms with Gasteiger partial charge in [0.25, 0.3) is 0 Å². The molecule has 0 radical (unpaired) electrons. The monoisotopic (exact) mass is 209 g/mol. The predicted octanol–water partition coefficient (Wildman–Crippen LogP) is 1.80. The van der Waals surface area contributed by atoms with E-state index < -0.39 is 11.9 Å². The Morgan fingerprint density at radius 3 is 3.00 bits per heavy atom. The Hall–Kier alpha value is -2.11. The van der Waals surface area contributed by atoms with Gasteiger partial charge in [0.2, 0.25) is 0 Å². The van der Waals surface area contributed by atoms with Crippen LogP contribution in [0.4, 0.5) is 14.9 Å². The highest BCUT2D eigenvalue weighted by Crippen LogP contribution is 2.24. The maximum absolute atomic E-state index is 13.1. The molecule has 1 aromatic carbocycles. The number of hydrogen-bond acceptors (Lipinski definition) is 2. The van der Waals surface area contributed by atoms with Gasteiger partial charge in [-0.15, -0.1) is 0 Å². The van der Waals surface area contributed by atoms with Crippen LogP contribution >= 0.6 is 0 Å². The summed E-state index contributed by atoms with van der Waals surface area (Å²) in [6.45, 7) is 0. The molecule has 2 aromatic rings. The number of rotatable bonds is 1. The first-order chi connectivity index (χ1) is 7.08. The highest BCUT2D eigenvalue weighted by molar-refractivity contribution is 5.98. The van der Waals surface area contributed by atoms with Crippen LogP contribution < -0.4 is 5.32 Å². The lowest BCUT2D eigenvalue weighted by Gasteiger charge is -2.03. The average Bonchev–Trinajstić information content (AvgIpc) is 2.47. The quantitative estimate of drug-likeness (QED) is 0.752. The minimum absolute atomic E-state index is 0.200. The van der Waals surface area contributed by atoms with E-state index >= 15 is 0 Å². The summed E-state index contributed by atoms with van der Waals surface area (Å²) in [5.74, 6) is -0.505. The molecule has 1 amide bonds. The molecular formula is C9H8FN3O2. The number of amides is 1. The van der Waals surface area contributed by atoms with Crippen LogP contribution in [0.25, 0.3) is 10.9 Å². The molecule has 1 heterocycles. The highest BCUT2D eigenvalue weighted by atomic mass is 19.1. The van der Waals surface area contributed by atoms with Gasteiger partial charge in [0.1, 0.15) is 5.82 Å². The molecule has 0 bridgehead atoms. The van der Waals surface area contributed by atoms with E-state index in [-0.39, 0.29) is 5.69 Å². The van der Waals surface area contributed by atoms with E-state index in [0.717, 1.165) is 6.07 Å². The fourth-order valence-electron chi connectivity index (χ4n) is 1.43. The lowest BCUT2D eigenvalue weighted by molar-refractivity contribution is 0.210. The molecule has 0 atom stereocenters. The summed E-state index contributed by atoms with van der Waals surface area (Å²) in [6.07, 6.45) is 0.255. The molecule has 6 heteroatoms. The Balaban J connectivity index is 2.66. The van der Waals surface area contributed by atoms with Crippen molar-refractivity contribution in [2.45, 2.75) is 0 Å². The van der Waals surface area contributed by atoms with Crippen LogP contribution in [0, 0.1) is 5.82 Å². The summed E-state index contributed by atoms with van der Waals surface area (Å²) in [4.78, 5) is 10.5. The fourth-order valence-corrected chi connectivity index (χ4v) is 1.43. The van der Waals surface area contributed by atoms with E-state index in [2.05, 4.69) is 10.4 Å². The van der Waals surface area contributed by atoms with E-state index in [4.69, 9.17) is 5.11 Å². The number of aryl methyl sites for hydroxylation is 1. The van der Waals surface area contributed by atoms with E-state index in [1.54, 1.807) is 7.05 Å². The van der Waals surface area contributed by atoms with E-state index in [1.807, 2.05) is 0 Å². The number of benzene rings is 1. The Kier molecular flexibility index (Phi) is 2.03. The smallest absolute Gasteiger partial charge is 0.409 e.